The number of benzene rings is 1. The molecule has 4 aromatic rings. The van der Waals surface area contributed by atoms with Crippen molar-refractivity contribution in [1.82, 2.24) is 34.9 Å². The van der Waals surface area contributed by atoms with Gasteiger partial charge in [0.2, 0.25) is 17.7 Å². The summed E-state index contributed by atoms with van der Waals surface area (Å²) in [5.41, 5.74) is 2.94. The number of ketones is 1. The minimum Gasteiger partial charge on any atom is -0.444 e. The van der Waals surface area contributed by atoms with Crippen LogP contribution in [0.15, 0.2) is 53.4 Å². The molecule has 62 heavy (non-hydrogen) atoms. The molecule has 5 heterocycles. The molecule has 16 heteroatoms. The molecule has 0 bridgehead atoms. The van der Waals surface area contributed by atoms with Crippen molar-refractivity contribution in [3.05, 3.63) is 88.3 Å². The van der Waals surface area contributed by atoms with Crippen molar-refractivity contribution in [2.75, 3.05) is 33.4 Å². The summed E-state index contributed by atoms with van der Waals surface area (Å²) in [4.78, 5) is 75.9. The first-order valence-electron chi connectivity index (χ1n) is 21.9. The van der Waals surface area contributed by atoms with E-state index in [1.54, 1.807) is 35.3 Å². The van der Waals surface area contributed by atoms with Crippen molar-refractivity contribution >= 4 is 29.4 Å². The molecule has 3 fully saturated rings. The van der Waals surface area contributed by atoms with Gasteiger partial charge in [0, 0.05) is 68.4 Å². The Morgan fingerprint density at radius 1 is 0.968 bits per heavy atom. The number of oxazole rings is 1. The minimum absolute atomic E-state index is 0.0226. The third-order valence-corrected chi connectivity index (χ3v) is 12.6. The van der Waals surface area contributed by atoms with Gasteiger partial charge in [-0.1, -0.05) is 25.0 Å². The Bertz CT molecular complexity index is 2300. The second-order valence-electron chi connectivity index (χ2n) is 17.3. The number of Topliss-reactive ketones (excluding diaryl/α,β-unsaturated/α-hetero) is 1. The van der Waals surface area contributed by atoms with E-state index >= 15 is 0 Å². The summed E-state index contributed by atoms with van der Waals surface area (Å²) >= 11 is 0. The van der Waals surface area contributed by atoms with E-state index in [-0.39, 0.29) is 47.8 Å². The largest absolute Gasteiger partial charge is 0.444 e. The Hall–Kier alpha value is -5.48. The number of halogens is 2. The number of carbonyl (C=O) groups is 5. The lowest BCUT2D eigenvalue weighted by molar-refractivity contribution is -0.136. The van der Waals surface area contributed by atoms with Gasteiger partial charge >= 0.3 is 0 Å². The molecule has 4 amide bonds. The van der Waals surface area contributed by atoms with Crippen LogP contribution in [0.2, 0.25) is 0 Å². The molecular formula is C46H53F2N7O7. The summed E-state index contributed by atoms with van der Waals surface area (Å²) in [7, 11) is 2.09. The summed E-state index contributed by atoms with van der Waals surface area (Å²) in [5.74, 6) is -0.907. The maximum atomic E-state index is 14.2. The molecule has 1 aromatic carbocycles. The number of ether oxygens (including phenoxy) is 1. The molecule has 4 aliphatic rings. The Morgan fingerprint density at radius 2 is 1.76 bits per heavy atom. The number of aryl methyl sites for hydroxylation is 2. The molecule has 2 saturated carbocycles. The van der Waals surface area contributed by atoms with Crippen molar-refractivity contribution in [1.29, 1.82) is 0 Å². The highest BCUT2D eigenvalue weighted by molar-refractivity contribution is 6.24. The van der Waals surface area contributed by atoms with E-state index < -0.39 is 41.9 Å². The molecule has 14 nitrogen and oxygen atoms in total. The van der Waals surface area contributed by atoms with Crippen LogP contribution in [0.4, 0.5) is 8.78 Å². The maximum Gasteiger partial charge on any atom is 0.282 e. The summed E-state index contributed by atoms with van der Waals surface area (Å²) in [5, 5.41) is 6.51. The first kappa shape index (κ1) is 43.2. The molecule has 1 unspecified atom stereocenters. The van der Waals surface area contributed by atoms with Crippen LogP contribution < -0.4 is 5.32 Å². The number of imide groups is 2. The van der Waals surface area contributed by atoms with Gasteiger partial charge in [0.15, 0.2) is 5.78 Å². The second-order valence-corrected chi connectivity index (χ2v) is 17.3. The van der Waals surface area contributed by atoms with Crippen molar-refractivity contribution in [3.63, 3.8) is 0 Å². The van der Waals surface area contributed by atoms with E-state index in [1.807, 2.05) is 12.1 Å². The molecule has 328 valence electrons. The van der Waals surface area contributed by atoms with Crippen LogP contribution in [0, 0.1) is 11.8 Å². The van der Waals surface area contributed by atoms with Gasteiger partial charge in [-0.15, -0.1) is 0 Å². The van der Waals surface area contributed by atoms with E-state index in [0.29, 0.717) is 43.4 Å². The lowest BCUT2D eigenvalue weighted by atomic mass is 9.86. The van der Waals surface area contributed by atoms with Gasteiger partial charge < -0.3 is 14.1 Å². The van der Waals surface area contributed by atoms with Gasteiger partial charge in [-0.25, -0.2) is 13.8 Å². The van der Waals surface area contributed by atoms with Crippen LogP contribution in [0.3, 0.4) is 0 Å². The highest BCUT2D eigenvalue weighted by Gasteiger charge is 2.45. The predicted molar refractivity (Wildman–Crippen MR) is 221 cm³/mol. The summed E-state index contributed by atoms with van der Waals surface area (Å²) < 4.78 is 41.5. The van der Waals surface area contributed by atoms with Crippen molar-refractivity contribution < 1.29 is 41.9 Å². The van der Waals surface area contributed by atoms with Crippen LogP contribution in [0.5, 0.6) is 0 Å². The number of amides is 4. The van der Waals surface area contributed by atoms with Crippen molar-refractivity contribution in [3.8, 4) is 11.5 Å². The van der Waals surface area contributed by atoms with E-state index in [1.165, 1.54) is 19.1 Å². The zero-order valence-electron chi connectivity index (χ0n) is 35.0. The molecule has 8 rings (SSSR count). The third-order valence-electron chi connectivity index (χ3n) is 12.6. The number of piperidine rings is 1. The molecule has 3 aromatic heterocycles. The fourth-order valence-electron chi connectivity index (χ4n) is 9.08. The lowest BCUT2D eigenvalue weighted by Crippen LogP contribution is -2.54. The van der Waals surface area contributed by atoms with Gasteiger partial charge in [0.1, 0.15) is 23.7 Å². The third kappa shape index (κ3) is 10.1. The minimum atomic E-state index is -2.81. The summed E-state index contributed by atoms with van der Waals surface area (Å²) in [6, 6.07) is 7.85. The Morgan fingerprint density at radius 3 is 2.53 bits per heavy atom. The monoisotopic (exact) mass is 853 g/mol. The van der Waals surface area contributed by atoms with Crippen LogP contribution in [-0.2, 0) is 33.6 Å². The number of alkyl halides is 2. The van der Waals surface area contributed by atoms with Crippen LogP contribution in [0.1, 0.15) is 137 Å². The first-order valence-corrected chi connectivity index (χ1v) is 21.9. The zero-order chi connectivity index (χ0) is 43.3. The predicted octanol–water partition coefficient (Wildman–Crippen LogP) is 6.74. The number of hydrogen-bond donors (Lipinski definition) is 1. The van der Waals surface area contributed by atoms with Gasteiger partial charge in [0.05, 0.1) is 17.2 Å². The molecule has 2 aliphatic carbocycles. The number of nitrogens with one attached hydrogen (secondary N) is 1. The molecule has 0 spiro atoms. The second kappa shape index (κ2) is 19.3. The number of hydrogen-bond acceptors (Lipinski definition) is 11. The quantitative estimate of drug-likeness (QED) is 0.0568. The standard InChI is InChI=1S/C46H53F2N7O7/c1-53(20-4-22-61-21-3-6-30-5-2-7-35-40(30)46(60)55(45(35)59)37-16-17-39(57)51-43(37)58)25-29-11-14-34(15-12-29)54-26-32(41(52-54)42(47)48)24-38(56)36-27-62-44(50-36)31-18-19-49-33(23-31)13-10-28-8-9-28/h2,5,7,18-19,23,26-29,34,37,42H,3-4,6,8-17,20-22,24-25H2,1H3,(H,51,57,58). The number of rotatable bonds is 20. The highest BCUT2D eigenvalue weighted by atomic mass is 19.3. The van der Waals surface area contributed by atoms with Gasteiger partial charge in [-0.3, -0.25) is 43.9 Å². The Labute approximate surface area is 358 Å². The van der Waals surface area contributed by atoms with Crippen LogP contribution in [-0.4, -0.2) is 98.4 Å². The maximum absolute atomic E-state index is 14.2. The normalized spacial score (nSPS) is 20.4. The topological polar surface area (TPSA) is 170 Å². The number of fused-ring (bicyclic) bond motifs is 1. The molecule has 0 radical (unpaired) electrons. The number of pyridine rings is 1. The number of nitrogens with zero attached hydrogens (tertiary/aromatic N) is 6. The van der Waals surface area contributed by atoms with Crippen molar-refractivity contribution in [2.45, 2.75) is 108 Å². The number of carbonyl (C=O) groups excluding carboxylic acids is 5. The van der Waals surface area contributed by atoms with Crippen LogP contribution in [0.25, 0.3) is 11.5 Å². The van der Waals surface area contributed by atoms with E-state index in [4.69, 9.17) is 9.15 Å². The lowest BCUT2D eigenvalue weighted by Gasteiger charge is -2.31. The molecule has 1 atom stereocenters. The van der Waals surface area contributed by atoms with Crippen molar-refractivity contribution in [2.24, 2.45) is 11.8 Å². The van der Waals surface area contributed by atoms with Gasteiger partial charge in [0.25, 0.3) is 18.2 Å². The first-order chi connectivity index (χ1) is 30.0. The van der Waals surface area contributed by atoms with Crippen LogP contribution >= 0.6 is 0 Å². The molecular weight excluding hydrogens is 801 g/mol. The average molecular weight is 854 g/mol. The molecule has 2 aliphatic heterocycles. The zero-order valence-corrected chi connectivity index (χ0v) is 35.0. The Kier molecular flexibility index (Phi) is 13.4. The number of aromatic nitrogens is 4. The summed E-state index contributed by atoms with van der Waals surface area (Å²) in [6.45, 7) is 2.83. The van der Waals surface area contributed by atoms with E-state index in [0.717, 1.165) is 85.7 Å². The molecule has 1 saturated heterocycles. The van der Waals surface area contributed by atoms with E-state index in [2.05, 4.69) is 32.3 Å². The van der Waals surface area contributed by atoms with Gasteiger partial charge in [-0.2, -0.15) is 5.10 Å². The molecule has 1 N–H and O–H groups in total. The highest BCUT2D eigenvalue weighted by Crippen LogP contribution is 2.36. The fourth-order valence-corrected chi connectivity index (χ4v) is 9.08. The smallest absolute Gasteiger partial charge is 0.282 e. The Balaban J connectivity index is 0.741. The van der Waals surface area contributed by atoms with E-state index in [9.17, 15) is 32.8 Å². The SMILES string of the molecule is CN(CCCOCCCc1cccc2c1C(=O)N(C1CCC(=O)NC1=O)C2=O)CC1CCC(n2cc(CC(=O)c3coc(-c4ccnc(CCC5CC5)c4)n3)c(C(F)F)n2)CC1. The fraction of sp³-hybridized carbons (Fsp3) is 0.522. The van der Waals surface area contributed by atoms with Gasteiger partial charge in [-0.05, 0) is 107 Å². The summed E-state index contributed by atoms with van der Waals surface area (Å²) in [6.07, 6.45) is 11.8. The average Bonchev–Trinajstić information content (AvgIpc) is 3.66.